The second-order valence-electron chi connectivity index (χ2n) is 6.40. The van der Waals surface area contributed by atoms with Crippen LogP contribution in [0.5, 0.6) is 0 Å². The predicted molar refractivity (Wildman–Crippen MR) is 91.1 cm³/mol. The summed E-state index contributed by atoms with van der Waals surface area (Å²) < 4.78 is 5.65. The van der Waals surface area contributed by atoms with Crippen LogP contribution in [0.1, 0.15) is 45.4 Å². The molecule has 1 aliphatic heterocycles. The second-order valence-corrected chi connectivity index (χ2v) is 6.40. The molecule has 0 saturated carbocycles. The van der Waals surface area contributed by atoms with Gasteiger partial charge in [-0.05, 0) is 50.9 Å². The number of hydrogen-bond donors (Lipinski definition) is 2. The molecule has 22 heavy (non-hydrogen) atoms. The fraction of sp³-hybridized carbons (Fsp3) is 0.706. The van der Waals surface area contributed by atoms with Crippen molar-refractivity contribution in [2.75, 3.05) is 26.7 Å². The van der Waals surface area contributed by atoms with Crippen molar-refractivity contribution in [1.29, 1.82) is 0 Å². The molecule has 2 rings (SSSR count). The molecule has 1 saturated heterocycles. The number of nitrogens with zero attached hydrogens (tertiary/aromatic N) is 2. The van der Waals surface area contributed by atoms with Crippen molar-refractivity contribution in [2.24, 2.45) is 10.9 Å². The lowest BCUT2D eigenvalue weighted by Gasteiger charge is -2.27. The van der Waals surface area contributed by atoms with Crippen LogP contribution in [0.25, 0.3) is 0 Å². The lowest BCUT2D eigenvalue weighted by atomic mass is 10.1. The Morgan fingerprint density at radius 1 is 1.32 bits per heavy atom. The average molecular weight is 306 g/mol. The molecule has 2 heterocycles. The van der Waals surface area contributed by atoms with Gasteiger partial charge in [-0.3, -0.25) is 9.89 Å². The minimum atomic E-state index is 0.269. The molecule has 5 nitrogen and oxygen atoms in total. The first kappa shape index (κ1) is 16.9. The van der Waals surface area contributed by atoms with Crippen molar-refractivity contribution in [3.05, 3.63) is 24.2 Å². The maximum absolute atomic E-state index is 5.65. The first-order valence-corrected chi connectivity index (χ1v) is 8.36. The third kappa shape index (κ3) is 4.50. The van der Waals surface area contributed by atoms with Gasteiger partial charge in [-0.15, -0.1) is 0 Å². The largest absolute Gasteiger partial charge is 0.468 e. The molecule has 1 fully saturated rings. The third-order valence-corrected chi connectivity index (χ3v) is 4.50. The zero-order valence-corrected chi connectivity index (χ0v) is 14.3. The van der Waals surface area contributed by atoms with E-state index in [0.29, 0.717) is 12.0 Å². The quantitative estimate of drug-likeness (QED) is 0.626. The second kappa shape index (κ2) is 8.22. The van der Waals surface area contributed by atoms with Crippen LogP contribution < -0.4 is 10.6 Å². The van der Waals surface area contributed by atoms with Gasteiger partial charge in [0.05, 0.1) is 12.3 Å². The van der Waals surface area contributed by atoms with Gasteiger partial charge in [0.25, 0.3) is 0 Å². The van der Waals surface area contributed by atoms with Crippen LogP contribution in [-0.4, -0.2) is 43.6 Å². The standard InChI is InChI=1S/C17H30N4O/c1-13(2)14(3)20-17(18-4)19-12-15(16-8-7-11-22-16)21-9-5-6-10-21/h7-8,11,13-15H,5-6,9-10,12H2,1-4H3,(H2,18,19,20). The highest BCUT2D eigenvalue weighted by Gasteiger charge is 2.25. The lowest BCUT2D eigenvalue weighted by Crippen LogP contribution is -2.46. The maximum atomic E-state index is 5.65. The van der Waals surface area contributed by atoms with E-state index in [1.54, 1.807) is 6.26 Å². The van der Waals surface area contributed by atoms with Gasteiger partial charge < -0.3 is 15.1 Å². The number of likely N-dealkylation sites (tertiary alicyclic amines) is 1. The molecule has 0 amide bonds. The molecule has 5 heteroatoms. The molecule has 0 aliphatic carbocycles. The highest BCUT2D eigenvalue weighted by Crippen LogP contribution is 2.24. The van der Waals surface area contributed by atoms with E-state index < -0.39 is 0 Å². The average Bonchev–Trinajstić information content (AvgIpc) is 3.19. The van der Waals surface area contributed by atoms with Crippen LogP contribution in [0.3, 0.4) is 0 Å². The number of aliphatic imine (C=N–C) groups is 1. The molecule has 124 valence electrons. The highest BCUT2D eigenvalue weighted by atomic mass is 16.3. The molecular formula is C17H30N4O. The molecule has 1 aliphatic rings. The van der Waals surface area contributed by atoms with Crippen molar-refractivity contribution in [3.63, 3.8) is 0 Å². The van der Waals surface area contributed by atoms with Crippen molar-refractivity contribution >= 4 is 5.96 Å². The summed E-state index contributed by atoms with van der Waals surface area (Å²) in [6, 6.07) is 4.69. The van der Waals surface area contributed by atoms with E-state index in [1.165, 1.54) is 12.8 Å². The summed E-state index contributed by atoms with van der Waals surface area (Å²) in [6.07, 6.45) is 4.30. The van der Waals surface area contributed by atoms with E-state index >= 15 is 0 Å². The topological polar surface area (TPSA) is 52.8 Å². The summed E-state index contributed by atoms with van der Waals surface area (Å²) in [7, 11) is 1.82. The van der Waals surface area contributed by atoms with Crippen LogP contribution in [0.2, 0.25) is 0 Å². The number of hydrogen-bond acceptors (Lipinski definition) is 3. The Labute approximate surface area is 134 Å². The minimum absolute atomic E-state index is 0.269. The Morgan fingerprint density at radius 2 is 2.05 bits per heavy atom. The Balaban J connectivity index is 1.95. The van der Waals surface area contributed by atoms with Gasteiger partial charge in [0, 0.05) is 19.6 Å². The summed E-state index contributed by atoms with van der Waals surface area (Å²) in [5.74, 6) is 2.46. The van der Waals surface area contributed by atoms with Gasteiger partial charge in [-0.1, -0.05) is 13.8 Å². The van der Waals surface area contributed by atoms with Gasteiger partial charge >= 0.3 is 0 Å². The molecule has 0 radical (unpaired) electrons. The fourth-order valence-corrected chi connectivity index (χ4v) is 2.71. The van der Waals surface area contributed by atoms with Crippen LogP contribution in [0.4, 0.5) is 0 Å². The van der Waals surface area contributed by atoms with E-state index in [0.717, 1.165) is 31.4 Å². The van der Waals surface area contributed by atoms with Crippen LogP contribution in [0.15, 0.2) is 27.8 Å². The summed E-state index contributed by atoms with van der Waals surface area (Å²) >= 11 is 0. The van der Waals surface area contributed by atoms with Crippen molar-refractivity contribution in [2.45, 2.75) is 45.7 Å². The van der Waals surface area contributed by atoms with Crippen molar-refractivity contribution in [1.82, 2.24) is 15.5 Å². The molecule has 1 aromatic rings. The van der Waals surface area contributed by atoms with E-state index in [2.05, 4.69) is 47.4 Å². The molecule has 0 bridgehead atoms. The SMILES string of the molecule is CN=C(NCC(c1ccco1)N1CCCC1)NC(C)C(C)C. The van der Waals surface area contributed by atoms with Crippen molar-refractivity contribution in [3.8, 4) is 0 Å². The Bertz CT molecular complexity index is 449. The van der Waals surface area contributed by atoms with Gasteiger partial charge in [0.15, 0.2) is 5.96 Å². The summed E-state index contributed by atoms with van der Waals surface area (Å²) in [5.41, 5.74) is 0. The zero-order valence-electron chi connectivity index (χ0n) is 14.3. The van der Waals surface area contributed by atoms with Gasteiger partial charge in [0.2, 0.25) is 0 Å². The summed E-state index contributed by atoms with van der Waals surface area (Å²) in [6.45, 7) is 9.69. The molecular weight excluding hydrogens is 276 g/mol. The predicted octanol–water partition coefficient (Wildman–Crippen LogP) is 2.63. The molecule has 2 N–H and O–H groups in total. The van der Waals surface area contributed by atoms with Crippen LogP contribution in [-0.2, 0) is 0 Å². The van der Waals surface area contributed by atoms with Crippen LogP contribution in [0, 0.1) is 5.92 Å². The first-order valence-electron chi connectivity index (χ1n) is 8.36. The number of rotatable bonds is 6. The van der Waals surface area contributed by atoms with Gasteiger partial charge in [-0.25, -0.2) is 0 Å². The van der Waals surface area contributed by atoms with E-state index in [1.807, 2.05) is 13.1 Å². The zero-order chi connectivity index (χ0) is 15.9. The van der Waals surface area contributed by atoms with Gasteiger partial charge in [0.1, 0.15) is 5.76 Å². The van der Waals surface area contributed by atoms with Crippen LogP contribution >= 0.6 is 0 Å². The lowest BCUT2D eigenvalue weighted by molar-refractivity contribution is 0.215. The number of guanidine groups is 1. The first-order chi connectivity index (χ1) is 10.6. The molecule has 1 aromatic heterocycles. The Hall–Kier alpha value is -1.49. The molecule has 2 atom stereocenters. The Morgan fingerprint density at radius 3 is 2.59 bits per heavy atom. The smallest absolute Gasteiger partial charge is 0.191 e. The number of nitrogens with one attached hydrogen (secondary N) is 2. The van der Waals surface area contributed by atoms with Gasteiger partial charge in [-0.2, -0.15) is 0 Å². The minimum Gasteiger partial charge on any atom is -0.468 e. The molecule has 0 aromatic carbocycles. The highest BCUT2D eigenvalue weighted by molar-refractivity contribution is 5.80. The maximum Gasteiger partial charge on any atom is 0.191 e. The van der Waals surface area contributed by atoms with E-state index in [4.69, 9.17) is 4.42 Å². The van der Waals surface area contributed by atoms with E-state index in [-0.39, 0.29) is 6.04 Å². The third-order valence-electron chi connectivity index (χ3n) is 4.50. The summed E-state index contributed by atoms with van der Waals surface area (Å²) in [5, 5.41) is 6.90. The Kier molecular flexibility index (Phi) is 6.31. The molecule has 0 spiro atoms. The normalized spacial score (nSPS) is 19.4. The fourth-order valence-electron chi connectivity index (χ4n) is 2.71. The molecule has 2 unspecified atom stereocenters. The van der Waals surface area contributed by atoms with E-state index in [9.17, 15) is 0 Å². The monoisotopic (exact) mass is 306 g/mol. The van der Waals surface area contributed by atoms with Crippen molar-refractivity contribution < 1.29 is 4.42 Å². The number of furan rings is 1. The summed E-state index contributed by atoms with van der Waals surface area (Å²) in [4.78, 5) is 6.83.